The van der Waals surface area contributed by atoms with Gasteiger partial charge in [-0.05, 0) is 62.2 Å². The number of hydrogen-bond acceptors (Lipinski definition) is 3. The molecule has 1 N–H and O–H groups in total. The summed E-state index contributed by atoms with van der Waals surface area (Å²) in [6, 6.07) is 9.12. The zero-order chi connectivity index (χ0) is 15.9. The van der Waals surface area contributed by atoms with Gasteiger partial charge >= 0.3 is 0 Å². The molecule has 3 rings (SSSR count). The summed E-state index contributed by atoms with van der Waals surface area (Å²) in [4.78, 5) is 8.89. The van der Waals surface area contributed by atoms with Crippen LogP contribution in [0.4, 0.5) is 5.95 Å². The maximum absolute atomic E-state index is 9.84. The van der Waals surface area contributed by atoms with Crippen LogP contribution in [0.15, 0.2) is 48.7 Å². The summed E-state index contributed by atoms with van der Waals surface area (Å²) in [7, 11) is 1.91. The Morgan fingerprint density at radius 2 is 1.86 bits per heavy atom. The SMILES string of the molecule is Cn1c(N=Cc2cc(Br)ccc2O)nc2cc(Br)c(Br)cc21. The molecule has 0 aliphatic rings. The third-order valence-electron chi connectivity index (χ3n) is 3.21. The molecule has 0 spiro atoms. The molecular formula is C15H10Br3N3O. The normalized spacial score (nSPS) is 11.6. The predicted molar refractivity (Wildman–Crippen MR) is 99.2 cm³/mol. The highest BCUT2D eigenvalue weighted by Crippen LogP contribution is 2.30. The average molecular weight is 488 g/mol. The highest BCUT2D eigenvalue weighted by molar-refractivity contribution is 9.13. The number of halogens is 3. The largest absolute Gasteiger partial charge is 0.507 e. The molecule has 1 aromatic heterocycles. The Morgan fingerprint density at radius 3 is 2.64 bits per heavy atom. The molecule has 112 valence electrons. The maximum atomic E-state index is 9.84. The van der Waals surface area contributed by atoms with E-state index in [2.05, 4.69) is 57.8 Å². The van der Waals surface area contributed by atoms with Crippen LogP contribution in [0.25, 0.3) is 11.0 Å². The zero-order valence-electron chi connectivity index (χ0n) is 11.4. The van der Waals surface area contributed by atoms with Gasteiger partial charge in [0.25, 0.3) is 0 Å². The van der Waals surface area contributed by atoms with Crippen LogP contribution in [-0.2, 0) is 7.05 Å². The topological polar surface area (TPSA) is 50.4 Å². The molecule has 0 aliphatic carbocycles. The molecule has 0 aliphatic heterocycles. The Balaban J connectivity index is 2.05. The molecule has 4 nitrogen and oxygen atoms in total. The Morgan fingerprint density at radius 1 is 1.14 bits per heavy atom. The summed E-state index contributed by atoms with van der Waals surface area (Å²) in [6.45, 7) is 0. The van der Waals surface area contributed by atoms with E-state index < -0.39 is 0 Å². The first-order valence-electron chi connectivity index (χ1n) is 6.30. The van der Waals surface area contributed by atoms with E-state index in [1.165, 1.54) is 0 Å². The minimum atomic E-state index is 0.177. The Kier molecular flexibility index (Phi) is 4.38. The highest BCUT2D eigenvalue weighted by atomic mass is 79.9. The van der Waals surface area contributed by atoms with E-state index in [-0.39, 0.29) is 5.75 Å². The van der Waals surface area contributed by atoms with Crippen LogP contribution in [0.5, 0.6) is 5.75 Å². The van der Waals surface area contributed by atoms with Crippen LogP contribution in [0.3, 0.4) is 0 Å². The van der Waals surface area contributed by atoms with E-state index >= 15 is 0 Å². The van der Waals surface area contributed by atoms with Crippen molar-refractivity contribution >= 4 is 71.0 Å². The van der Waals surface area contributed by atoms with Crippen molar-refractivity contribution in [3.8, 4) is 5.75 Å². The van der Waals surface area contributed by atoms with Crippen LogP contribution in [0.2, 0.25) is 0 Å². The molecule has 3 aromatic rings. The lowest BCUT2D eigenvalue weighted by Gasteiger charge is -2.00. The highest BCUT2D eigenvalue weighted by Gasteiger charge is 2.09. The van der Waals surface area contributed by atoms with Crippen molar-refractivity contribution in [2.75, 3.05) is 0 Å². The molecule has 0 fully saturated rings. The van der Waals surface area contributed by atoms with E-state index in [1.807, 2.05) is 23.7 Å². The van der Waals surface area contributed by atoms with Crippen molar-refractivity contribution in [2.24, 2.45) is 12.0 Å². The fourth-order valence-electron chi connectivity index (χ4n) is 2.05. The van der Waals surface area contributed by atoms with E-state index in [9.17, 15) is 5.11 Å². The van der Waals surface area contributed by atoms with E-state index in [0.29, 0.717) is 11.5 Å². The molecule has 0 bridgehead atoms. The van der Waals surface area contributed by atoms with Crippen molar-refractivity contribution in [3.63, 3.8) is 0 Å². The number of hydrogen-bond donors (Lipinski definition) is 1. The summed E-state index contributed by atoms with van der Waals surface area (Å²) in [5, 5.41) is 9.84. The van der Waals surface area contributed by atoms with Gasteiger partial charge in [0.15, 0.2) is 0 Å². The van der Waals surface area contributed by atoms with Crippen LogP contribution in [0.1, 0.15) is 5.56 Å². The molecule has 0 saturated heterocycles. The molecule has 2 aromatic carbocycles. The number of benzene rings is 2. The Labute approximate surface area is 152 Å². The second kappa shape index (κ2) is 6.14. The molecule has 0 atom stereocenters. The van der Waals surface area contributed by atoms with Crippen molar-refractivity contribution in [1.29, 1.82) is 0 Å². The lowest BCUT2D eigenvalue weighted by atomic mass is 10.2. The second-order valence-corrected chi connectivity index (χ2v) is 7.31. The predicted octanol–water partition coefficient (Wildman–Crippen LogP) is 5.32. The van der Waals surface area contributed by atoms with Gasteiger partial charge in [-0.15, -0.1) is 0 Å². The van der Waals surface area contributed by atoms with E-state index in [4.69, 9.17) is 0 Å². The molecule has 0 radical (unpaired) electrons. The number of fused-ring (bicyclic) bond motifs is 1. The van der Waals surface area contributed by atoms with Crippen molar-refractivity contribution in [3.05, 3.63) is 49.3 Å². The monoisotopic (exact) mass is 485 g/mol. The van der Waals surface area contributed by atoms with Crippen molar-refractivity contribution in [1.82, 2.24) is 9.55 Å². The number of rotatable bonds is 2. The average Bonchev–Trinajstić information content (AvgIpc) is 2.77. The molecule has 22 heavy (non-hydrogen) atoms. The number of nitrogens with zero attached hydrogens (tertiary/aromatic N) is 3. The van der Waals surface area contributed by atoms with Crippen molar-refractivity contribution < 1.29 is 5.11 Å². The van der Waals surface area contributed by atoms with Gasteiger partial charge in [0.05, 0.1) is 11.0 Å². The van der Waals surface area contributed by atoms with Crippen LogP contribution < -0.4 is 0 Å². The molecular weight excluding hydrogens is 478 g/mol. The van der Waals surface area contributed by atoms with Gasteiger partial charge in [0.1, 0.15) is 5.75 Å². The van der Waals surface area contributed by atoms with Gasteiger partial charge in [-0.1, -0.05) is 15.9 Å². The fourth-order valence-corrected chi connectivity index (χ4v) is 3.09. The first-order chi connectivity index (χ1) is 10.5. The minimum absolute atomic E-state index is 0.177. The number of aromatic nitrogens is 2. The van der Waals surface area contributed by atoms with Gasteiger partial charge in [-0.25, -0.2) is 9.98 Å². The number of aryl methyl sites for hydroxylation is 1. The molecule has 1 heterocycles. The van der Waals surface area contributed by atoms with E-state index in [1.54, 1.807) is 24.4 Å². The summed E-state index contributed by atoms with van der Waals surface area (Å²) in [5.41, 5.74) is 2.45. The standard InChI is InChI=1S/C15H10Br3N3O/c1-21-13-6-11(18)10(17)5-12(13)20-15(21)19-7-8-4-9(16)2-3-14(8)22/h2-7,22H,1H3. The second-order valence-electron chi connectivity index (χ2n) is 4.69. The molecule has 0 unspecified atom stereocenters. The minimum Gasteiger partial charge on any atom is -0.507 e. The van der Waals surface area contributed by atoms with Gasteiger partial charge in [-0.2, -0.15) is 0 Å². The summed E-state index contributed by atoms with van der Waals surface area (Å²) < 4.78 is 4.68. The Hall–Kier alpha value is -1.18. The summed E-state index contributed by atoms with van der Waals surface area (Å²) in [6.07, 6.45) is 1.60. The summed E-state index contributed by atoms with van der Waals surface area (Å²) >= 11 is 10.3. The van der Waals surface area contributed by atoms with Crippen LogP contribution >= 0.6 is 47.8 Å². The lowest BCUT2D eigenvalue weighted by molar-refractivity contribution is 0.474. The van der Waals surface area contributed by atoms with Gasteiger partial charge < -0.3 is 9.67 Å². The Bertz CT molecular complexity index is 903. The lowest BCUT2D eigenvalue weighted by Crippen LogP contribution is -1.88. The number of aromatic hydroxyl groups is 1. The molecule has 0 amide bonds. The third kappa shape index (κ3) is 2.98. The van der Waals surface area contributed by atoms with Gasteiger partial charge in [0.2, 0.25) is 5.95 Å². The first kappa shape index (κ1) is 15.7. The number of imidazole rings is 1. The molecule has 0 saturated carbocycles. The number of phenols is 1. The number of phenolic OH excluding ortho intramolecular Hbond substituents is 1. The third-order valence-corrected chi connectivity index (χ3v) is 5.55. The quantitative estimate of drug-likeness (QED) is 0.497. The van der Waals surface area contributed by atoms with Gasteiger partial charge in [0, 0.05) is 32.2 Å². The fraction of sp³-hybridized carbons (Fsp3) is 0.0667. The molecule has 7 heteroatoms. The number of aliphatic imine (C=N–C) groups is 1. The van der Waals surface area contributed by atoms with Crippen LogP contribution in [0, 0.1) is 0 Å². The maximum Gasteiger partial charge on any atom is 0.230 e. The first-order valence-corrected chi connectivity index (χ1v) is 8.67. The summed E-state index contributed by atoms with van der Waals surface area (Å²) in [5.74, 6) is 0.746. The van der Waals surface area contributed by atoms with Gasteiger partial charge in [-0.3, -0.25) is 0 Å². The zero-order valence-corrected chi connectivity index (χ0v) is 16.1. The van der Waals surface area contributed by atoms with E-state index in [0.717, 1.165) is 24.5 Å². The van der Waals surface area contributed by atoms with Crippen molar-refractivity contribution in [2.45, 2.75) is 0 Å². The van der Waals surface area contributed by atoms with Crippen LogP contribution in [-0.4, -0.2) is 20.9 Å². The smallest absolute Gasteiger partial charge is 0.230 e.